The lowest BCUT2D eigenvalue weighted by atomic mass is 10.3. The molecule has 0 atom stereocenters. The Hall–Kier alpha value is -2.68. The van der Waals surface area contributed by atoms with Crippen molar-refractivity contribution in [1.82, 2.24) is 20.1 Å². The van der Waals surface area contributed by atoms with Gasteiger partial charge >= 0.3 is 6.08 Å². The van der Waals surface area contributed by atoms with Gasteiger partial charge in [0.05, 0.1) is 16.7 Å². The molecule has 0 aliphatic heterocycles. The van der Waals surface area contributed by atoms with Crippen molar-refractivity contribution >= 4 is 11.3 Å². The molecule has 3 aromatic rings. The molecule has 0 saturated heterocycles. The molecule has 3 heterocycles. The zero-order valence-corrected chi connectivity index (χ0v) is 12.5. The fourth-order valence-corrected chi connectivity index (χ4v) is 2.77. The lowest BCUT2D eigenvalue weighted by molar-refractivity contribution is 0.244. The summed E-state index contributed by atoms with van der Waals surface area (Å²) < 4.78 is 10.3. The Kier molecular flexibility index (Phi) is 3.63. The Bertz CT molecular complexity index is 799. The van der Waals surface area contributed by atoms with Gasteiger partial charge in [-0.2, -0.15) is 4.98 Å². The first-order valence-corrected chi connectivity index (χ1v) is 7.19. The van der Waals surface area contributed by atoms with E-state index < -0.39 is 6.08 Å². The SMILES string of the molecule is CC(C)Oc1cc(-c2cc(O)ncn2)sc1-c1noc(O)n1. The highest BCUT2D eigenvalue weighted by molar-refractivity contribution is 7.19. The summed E-state index contributed by atoms with van der Waals surface area (Å²) in [5.41, 5.74) is 0.546. The second-order valence-corrected chi connectivity index (χ2v) is 5.68. The maximum absolute atomic E-state index is 9.47. The van der Waals surface area contributed by atoms with Crippen LogP contribution >= 0.6 is 11.3 Å². The van der Waals surface area contributed by atoms with Crippen molar-refractivity contribution in [3.8, 4) is 39.0 Å². The van der Waals surface area contributed by atoms with Crippen LogP contribution in [0.2, 0.25) is 0 Å². The standard InChI is InChI=1S/C13H12N4O4S/c1-6(2)20-8-4-9(7-3-10(18)15-5-14-7)22-11(8)12-16-13(19)21-17-12/h3-6H,1-2H3,(H,14,15,18)(H,16,17,19). The number of hydrogen-bond donors (Lipinski definition) is 2. The number of hydrogen-bond acceptors (Lipinski definition) is 9. The summed E-state index contributed by atoms with van der Waals surface area (Å²) in [7, 11) is 0. The maximum atomic E-state index is 9.47. The van der Waals surface area contributed by atoms with Gasteiger partial charge in [-0.05, 0) is 13.8 Å². The molecule has 0 spiro atoms. The second-order valence-electron chi connectivity index (χ2n) is 4.63. The van der Waals surface area contributed by atoms with Crippen molar-refractivity contribution in [3.63, 3.8) is 0 Å². The quantitative estimate of drug-likeness (QED) is 0.753. The summed E-state index contributed by atoms with van der Waals surface area (Å²) in [5, 5.41) is 22.4. The van der Waals surface area contributed by atoms with Crippen LogP contribution in [0, 0.1) is 0 Å². The summed E-state index contributed by atoms with van der Waals surface area (Å²) in [6, 6.07) is 3.22. The van der Waals surface area contributed by atoms with Crippen molar-refractivity contribution in [2.24, 2.45) is 0 Å². The number of aromatic hydroxyl groups is 2. The Morgan fingerprint density at radius 3 is 2.68 bits per heavy atom. The van der Waals surface area contributed by atoms with E-state index in [-0.39, 0.29) is 17.8 Å². The van der Waals surface area contributed by atoms with Crippen molar-refractivity contribution in [2.45, 2.75) is 20.0 Å². The summed E-state index contributed by atoms with van der Waals surface area (Å²) >= 11 is 1.31. The van der Waals surface area contributed by atoms with Crippen molar-refractivity contribution in [1.29, 1.82) is 0 Å². The molecule has 0 aliphatic carbocycles. The normalized spacial score (nSPS) is 11.0. The number of aromatic nitrogens is 4. The minimum atomic E-state index is -0.514. The molecule has 3 rings (SSSR count). The Morgan fingerprint density at radius 2 is 2.05 bits per heavy atom. The molecule has 0 aliphatic rings. The Labute approximate surface area is 129 Å². The van der Waals surface area contributed by atoms with E-state index >= 15 is 0 Å². The smallest absolute Gasteiger partial charge is 0.415 e. The first kappa shape index (κ1) is 14.3. The highest BCUT2D eigenvalue weighted by Gasteiger charge is 2.20. The van der Waals surface area contributed by atoms with Gasteiger partial charge in [0, 0.05) is 12.1 Å². The highest BCUT2D eigenvalue weighted by Crippen LogP contribution is 2.42. The van der Waals surface area contributed by atoms with Crippen LogP contribution in [0.1, 0.15) is 13.8 Å². The molecule has 2 N–H and O–H groups in total. The predicted octanol–water partition coefficient (Wildman–Crippen LogP) is 2.45. The van der Waals surface area contributed by atoms with E-state index in [0.29, 0.717) is 16.3 Å². The second kappa shape index (κ2) is 5.60. The van der Waals surface area contributed by atoms with Crippen LogP contribution in [0.5, 0.6) is 17.7 Å². The van der Waals surface area contributed by atoms with Crippen LogP contribution < -0.4 is 4.74 Å². The van der Waals surface area contributed by atoms with Gasteiger partial charge in [0.15, 0.2) is 0 Å². The zero-order chi connectivity index (χ0) is 15.7. The van der Waals surface area contributed by atoms with Crippen LogP contribution in [-0.4, -0.2) is 36.4 Å². The van der Waals surface area contributed by atoms with Crippen molar-refractivity contribution in [2.75, 3.05) is 0 Å². The summed E-state index contributed by atoms with van der Waals surface area (Å²) in [6.07, 6.45) is 0.702. The number of thiophene rings is 1. The van der Waals surface area contributed by atoms with Gasteiger partial charge in [0.1, 0.15) is 17.0 Å². The average Bonchev–Trinajstić information content (AvgIpc) is 3.04. The van der Waals surface area contributed by atoms with Crippen molar-refractivity contribution < 1.29 is 19.5 Å². The predicted molar refractivity (Wildman–Crippen MR) is 77.7 cm³/mol. The first-order chi connectivity index (χ1) is 10.5. The van der Waals surface area contributed by atoms with E-state index in [1.54, 1.807) is 6.07 Å². The summed E-state index contributed by atoms with van der Waals surface area (Å²) in [4.78, 5) is 12.9. The van der Waals surface area contributed by atoms with E-state index in [9.17, 15) is 10.2 Å². The molecule has 114 valence electrons. The molecule has 22 heavy (non-hydrogen) atoms. The molecular weight excluding hydrogens is 308 g/mol. The molecule has 0 aromatic carbocycles. The van der Waals surface area contributed by atoms with Gasteiger partial charge in [-0.15, -0.1) is 11.3 Å². The maximum Gasteiger partial charge on any atom is 0.415 e. The van der Waals surface area contributed by atoms with Crippen LogP contribution in [0.25, 0.3) is 21.3 Å². The largest absolute Gasteiger partial charge is 0.493 e. The number of ether oxygens (including phenoxy) is 1. The van der Waals surface area contributed by atoms with Crippen LogP contribution in [0.15, 0.2) is 23.0 Å². The third-order valence-corrected chi connectivity index (χ3v) is 3.72. The highest BCUT2D eigenvalue weighted by atomic mass is 32.1. The fourth-order valence-electron chi connectivity index (χ4n) is 1.79. The summed E-state index contributed by atoms with van der Waals surface area (Å²) in [5.74, 6) is 0.653. The molecule has 0 fully saturated rings. The Morgan fingerprint density at radius 1 is 1.23 bits per heavy atom. The topological polar surface area (TPSA) is 114 Å². The van der Waals surface area contributed by atoms with E-state index in [4.69, 9.17) is 4.74 Å². The van der Waals surface area contributed by atoms with E-state index in [2.05, 4.69) is 24.6 Å². The molecule has 0 saturated carbocycles. The fraction of sp³-hybridized carbons (Fsp3) is 0.231. The lowest BCUT2D eigenvalue weighted by Gasteiger charge is -2.08. The zero-order valence-electron chi connectivity index (χ0n) is 11.7. The van der Waals surface area contributed by atoms with Crippen LogP contribution in [0.4, 0.5) is 0 Å². The van der Waals surface area contributed by atoms with Gasteiger partial charge < -0.3 is 14.9 Å². The Balaban J connectivity index is 2.08. The minimum Gasteiger partial charge on any atom is -0.493 e. The van der Waals surface area contributed by atoms with Gasteiger partial charge in [-0.3, -0.25) is 4.52 Å². The van der Waals surface area contributed by atoms with E-state index in [1.165, 1.54) is 23.7 Å². The monoisotopic (exact) mass is 320 g/mol. The van der Waals surface area contributed by atoms with Crippen molar-refractivity contribution in [3.05, 3.63) is 18.5 Å². The molecule has 9 heteroatoms. The first-order valence-electron chi connectivity index (χ1n) is 6.38. The number of nitrogens with zero attached hydrogens (tertiary/aromatic N) is 4. The molecule has 0 amide bonds. The number of rotatable bonds is 4. The third-order valence-electron chi connectivity index (χ3n) is 2.58. The third kappa shape index (κ3) is 2.84. The minimum absolute atomic E-state index is 0.0551. The van der Waals surface area contributed by atoms with Crippen LogP contribution in [0.3, 0.4) is 0 Å². The van der Waals surface area contributed by atoms with Gasteiger partial charge in [-0.1, -0.05) is 5.16 Å². The summed E-state index contributed by atoms with van der Waals surface area (Å²) in [6.45, 7) is 3.79. The molecule has 0 bridgehead atoms. The van der Waals surface area contributed by atoms with Crippen LogP contribution in [-0.2, 0) is 0 Å². The molecule has 3 aromatic heterocycles. The lowest BCUT2D eigenvalue weighted by Crippen LogP contribution is -2.05. The average molecular weight is 320 g/mol. The molecular formula is C13H12N4O4S. The van der Waals surface area contributed by atoms with E-state index in [0.717, 1.165) is 4.88 Å². The van der Waals surface area contributed by atoms with E-state index in [1.807, 2.05) is 13.8 Å². The molecule has 8 nitrogen and oxygen atoms in total. The molecule has 0 unspecified atom stereocenters. The van der Waals surface area contributed by atoms with Gasteiger partial charge in [0.25, 0.3) is 0 Å². The van der Waals surface area contributed by atoms with Gasteiger partial charge in [0.2, 0.25) is 11.7 Å². The van der Waals surface area contributed by atoms with Gasteiger partial charge in [-0.25, -0.2) is 9.97 Å². The molecule has 0 radical (unpaired) electrons.